The highest BCUT2D eigenvalue weighted by molar-refractivity contribution is 14.0. The average Bonchev–Trinajstić information content (AvgIpc) is 3.22. The van der Waals surface area contributed by atoms with Gasteiger partial charge >= 0.3 is 0 Å². The van der Waals surface area contributed by atoms with Gasteiger partial charge in [0.15, 0.2) is 5.96 Å². The number of nitrogens with zero attached hydrogens (tertiary/aromatic N) is 3. The van der Waals surface area contributed by atoms with Crippen LogP contribution in [0.4, 0.5) is 0 Å². The van der Waals surface area contributed by atoms with Crippen molar-refractivity contribution in [2.45, 2.75) is 46.2 Å². The maximum atomic E-state index is 5.25. The third kappa shape index (κ3) is 8.38. The molecule has 1 aromatic heterocycles. The Kier molecular flexibility index (Phi) is 11.2. The first-order chi connectivity index (χ1) is 15.6. The zero-order valence-electron chi connectivity index (χ0n) is 20.0. The molecule has 0 amide bonds. The molecule has 2 N–H and O–H groups in total. The highest BCUT2D eigenvalue weighted by Gasteiger charge is 2.07. The monoisotopic (exact) mass is 561 g/mol. The quantitative estimate of drug-likeness (QED) is 0.205. The molecule has 2 aromatic carbocycles. The van der Waals surface area contributed by atoms with Crippen LogP contribution in [0.1, 0.15) is 48.7 Å². The van der Waals surface area contributed by atoms with Crippen molar-refractivity contribution in [2.75, 3.05) is 20.2 Å². The van der Waals surface area contributed by atoms with Gasteiger partial charge in [0.2, 0.25) is 0 Å². The topological polar surface area (TPSA) is 63.5 Å². The van der Waals surface area contributed by atoms with E-state index in [0.29, 0.717) is 12.5 Å². The number of halogens is 1. The van der Waals surface area contributed by atoms with Gasteiger partial charge in [0.1, 0.15) is 11.6 Å². The summed E-state index contributed by atoms with van der Waals surface area (Å²) in [5.74, 6) is 3.23. The number of guanidine groups is 1. The Labute approximate surface area is 214 Å². The molecule has 7 heteroatoms. The zero-order chi connectivity index (χ0) is 22.8. The van der Waals surface area contributed by atoms with Crippen molar-refractivity contribution < 1.29 is 4.74 Å². The largest absolute Gasteiger partial charge is 0.497 e. The van der Waals surface area contributed by atoms with Crippen molar-refractivity contribution in [1.29, 1.82) is 0 Å². The summed E-state index contributed by atoms with van der Waals surface area (Å²) in [6.07, 6.45) is 4.88. The van der Waals surface area contributed by atoms with E-state index in [1.54, 1.807) is 7.11 Å². The van der Waals surface area contributed by atoms with Crippen molar-refractivity contribution in [3.05, 3.63) is 83.4 Å². The van der Waals surface area contributed by atoms with Gasteiger partial charge in [0, 0.05) is 32.0 Å². The van der Waals surface area contributed by atoms with E-state index >= 15 is 0 Å². The number of rotatable bonds is 10. The van der Waals surface area contributed by atoms with Crippen molar-refractivity contribution in [3.8, 4) is 5.75 Å². The van der Waals surface area contributed by atoms with Gasteiger partial charge in [-0.25, -0.2) is 9.98 Å². The summed E-state index contributed by atoms with van der Waals surface area (Å²) >= 11 is 0. The Morgan fingerprint density at radius 2 is 1.88 bits per heavy atom. The van der Waals surface area contributed by atoms with Gasteiger partial charge in [-0.2, -0.15) is 0 Å². The van der Waals surface area contributed by atoms with E-state index in [9.17, 15) is 0 Å². The number of aliphatic imine (C=N–C) groups is 1. The minimum atomic E-state index is 0. The van der Waals surface area contributed by atoms with Gasteiger partial charge in [-0.1, -0.05) is 43.3 Å². The first-order valence-corrected chi connectivity index (χ1v) is 11.3. The lowest BCUT2D eigenvalue weighted by Crippen LogP contribution is -2.38. The Hall–Kier alpha value is -2.55. The Morgan fingerprint density at radius 3 is 2.55 bits per heavy atom. The number of ether oxygens (including phenoxy) is 1. The van der Waals surface area contributed by atoms with Gasteiger partial charge in [-0.15, -0.1) is 24.0 Å². The van der Waals surface area contributed by atoms with Gasteiger partial charge in [-0.3, -0.25) is 0 Å². The van der Waals surface area contributed by atoms with Crippen LogP contribution in [-0.2, 0) is 13.1 Å². The molecule has 0 bridgehead atoms. The molecule has 33 heavy (non-hydrogen) atoms. The predicted molar refractivity (Wildman–Crippen MR) is 147 cm³/mol. The molecule has 0 aliphatic rings. The first-order valence-electron chi connectivity index (χ1n) is 11.3. The molecule has 1 heterocycles. The van der Waals surface area contributed by atoms with Crippen LogP contribution in [0.5, 0.6) is 5.75 Å². The number of methoxy groups -OCH3 is 1. The second-order valence-corrected chi connectivity index (χ2v) is 8.01. The summed E-state index contributed by atoms with van der Waals surface area (Å²) in [6.45, 7) is 9.52. The van der Waals surface area contributed by atoms with Crippen LogP contribution in [0.3, 0.4) is 0 Å². The minimum absolute atomic E-state index is 0. The molecule has 6 nitrogen and oxygen atoms in total. The van der Waals surface area contributed by atoms with E-state index in [1.165, 1.54) is 16.7 Å². The molecular weight excluding hydrogens is 525 g/mol. The molecule has 1 atom stereocenters. The summed E-state index contributed by atoms with van der Waals surface area (Å²) in [4.78, 5) is 9.09. The molecular formula is C26H36IN5O. The van der Waals surface area contributed by atoms with E-state index in [1.807, 2.05) is 31.5 Å². The van der Waals surface area contributed by atoms with Gasteiger partial charge in [-0.05, 0) is 55.0 Å². The average molecular weight is 562 g/mol. The van der Waals surface area contributed by atoms with Gasteiger partial charge in [0.25, 0.3) is 0 Å². The number of hydrogen-bond donors (Lipinski definition) is 2. The number of imidazole rings is 1. The minimum Gasteiger partial charge on any atom is -0.497 e. The SMILES string of the molecule is CCNC(=NCc1cccc(Cn2ccnc2C)c1)NCCC(C)c1ccc(OC)cc1.I. The number of aryl methyl sites for hydroxylation is 1. The van der Waals surface area contributed by atoms with Crippen molar-refractivity contribution in [2.24, 2.45) is 4.99 Å². The summed E-state index contributed by atoms with van der Waals surface area (Å²) in [5, 5.41) is 6.82. The predicted octanol–water partition coefficient (Wildman–Crippen LogP) is 5.12. The molecule has 1 unspecified atom stereocenters. The van der Waals surface area contributed by atoms with E-state index in [0.717, 1.165) is 43.6 Å². The Bertz CT molecular complexity index is 1000. The molecule has 0 saturated carbocycles. The standard InChI is InChI=1S/C26H35N5O.HI/c1-5-27-26(29-14-13-20(2)24-9-11-25(32-4)12-10-24)30-18-22-7-6-8-23(17-22)19-31-16-15-28-21(31)3;/h6-12,15-17,20H,5,13-14,18-19H2,1-4H3,(H2,27,29,30);1H. The maximum Gasteiger partial charge on any atom is 0.191 e. The third-order valence-corrected chi connectivity index (χ3v) is 5.59. The van der Waals surface area contributed by atoms with Crippen molar-refractivity contribution >= 4 is 29.9 Å². The van der Waals surface area contributed by atoms with Crippen LogP contribution in [0, 0.1) is 6.92 Å². The molecule has 3 rings (SSSR count). The fraction of sp³-hybridized carbons (Fsp3) is 0.385. The number of aromatic nitrogens is 2. The molecule has 0 fully saturated rings. The number of benzene rings is 2. The lowest BCUT2D eigenvalue weighted by atomic mass is 9.98. The first kappa shape index (κ1) is 26.7. The summed E-state index contributed by atoms with van der Waals surface area (Å²) < 4.78 is 7.40. The molecule has 178 valence electrons. The summed E-state index contributed by atoms with van der Waals surface area (Å²) in [6, 6.07) is 16.9. The molecule has 3 aromatic rings. The van der Waals surface area contributed by atoms with Crippen LogP contribution in [-0.4, -0.2) is 35.7 Å². The lowest BCUT2D eigenvalue weighted by molar-refractivity contribution is 0.414. The fourth-order valence-corrected chi connectivity index (χ4v) is 3.61. The Balaban J connectivity index is 0.00000385. The van der Waals surface area contributed by atoms with Gasteiger partial charge < -0.3 is 19.9 Å². The van der Waals surface area contributed by atoms with Crippen LogP contribution < -0.4 is 15.4 Å². The third-order valence-electron chi connectivity index (χ3n) is 5.59. The lowest BCUT2D eigenvalue weighted by Gasteiger charge is -2.15. The number of nitrogens with one attached hydrogen (secondary N) is 2. The van der Waals surface area contributed by atoms with Crippen LogP contribution >= 0.6 is 24.0 Å². The van der Waals surface area contributed by atoms with Gasteiger partial charge in [0.05, 0.1) is 13.7 Å². The molecule has 0 aliphatic carbocycles. The van der Waals surface area contributed by atoms with Crippen LogP contribution in [0.2, 0.25) is 0 Å². The molecule has 0 aliphatic heterocycles. The zero-order valence-corrected chi connectivity index (χ0v) is 22.4. The summed E-state index contributed by atoms with van der Waals surface area (Å²) in [7, 11) is 1.70. The Morgan fingerprint density at radius 1 is 1.12 bits per heavy atom. The van der Waals surface area contributed by atoms with E-state index < -0.39 is 0 Å². The molecule has 0 spiro atoms. The normalized spacial score (nSPS) is 12.1. The van der Waals surface area contributed by atoms with E-state index in [4.69, 9.17) is 9.73 Å². The van der Waals surface area contributed by atoms with Crippen LogP contribution in [0.15, 0.2) is 65.9 Å². The molecule has 0 saturated heterocycles. The van der Waals surface area contributed by atoms with Crippen molar-refractivity contribution in [1.82, 2.24) is 20.2 Å². The number of hydrogen-bond acceptors (Lipinski definition) is 3. The fourth-order valence-electron chi connectivity index (χ4n) is 3.61. The maximum absolute atomic E-state index is 5.25. The smallest absolute Gasteiger partial charge is 0.191 e. The highest BCUT2D eigenvalue weighted by Crippen LogP contribution is 2.21. The van der Waals surface area contributed by atoms with Crippen LogP contribution in [0.25, 0.3) is 0 Å². The van der Waals surface area contributed by atoms with Crippen molar-refractivity contribution in [3.63, 3.8) is 0 Å². The summed E-state index contributed by atoms with van der Waals surface area (Å²) in [5.41, 5.74) is 3.77. The molecule has 0 radical (unpaired) electrons. The van der Waals surface area contributed by atoms with E-state index in [2.05, 4.69) is 70.4 Å². The second-order valence-electron chi connectivity index (χ2n) is 8.01. The highest BCUT2D eigenvalue weighted by atomic mass is 127. The second kappa shape index (κ2) is 13.9. The van der Waals surface area contributed by atoms with E-state index in [-0.39, 0.29) is 24.0 Å².